The number of nitrogens with zero attached hydrogens (tertiary/aromatic N) is 4. The van der Waals surface area contributed by atoms with Gasteiger partial charge in [-0.15, -0.1) is 0 Å². The second kappa shape index (κ2) is 6.66. The molecule has 0 aliphatic rings. The molecule has 0 unspecified atom stereocenters. The molecule has 122 valence electrons. The summed E-state index contributed by atoms with van der Waals surface area (Å²) in [6, 6.07) is 2.51. The van der Waals surface area contributed by atoms with Crippen molar-refractivity contribution in [2.45, 2.75) is 6.54 Å². The third kappa shape index (κ3) is 3.42. The van der Waals surface area contributed by atoms with Crippen LogP contribution in [0.25, 0.3) is 0 Å². The van der Waals surface area contributed by atoms with E-state index < -0.39 is 10.9 Å². The van der Waals surface area contributed by atoms with Crippen molar-refractivity contribution in [2.24, 2.45) is 7.05 Å². The smallest absolute Gasteiger partial charge is 0.339 e. The average Bonchev–Trinajstić information content (AvgIpc) is 2.91. The SMILES string of the molecule is COC(=O)c1cc([N+](=O)[O-])c(N(C)Cc2nccn2C)cc1Cl. The molecule has 0 aliphatic heterocycles. The highest BCUT2D eigenvalue weighted by Gasteiger charge is 2.24. The number of carbonyl (C=O) groups is 1. The predicted octanol–water partition coefficient (Wildman–Crippen LogP) is 2.40. The molecule has 23 heavy (non-hydrogen) atoms. The number of aromatic nitrogens is 2. The number of nitro benzene ring substituents is 1. The molecule has 0 N–H and O–H groups in total. The summed E-state index contributed by atoms with van der Waals surface area (Å²) in [5, 5.41) is 11.4. The molecule has 0 saturated carbocycles. The van der Waals surface area contributed by atoms with Crippen molar-refractivity contribution < 1.29 is 14.5 Å². The van der Waals surface area contributed by atoms with Crippen LogP contribution in [0.5, 0.6) is 0 Å². The zero-order valence-corrected chi connectivity index (χ0v) is 13.6. The number of ether oxygens (including phenoxy) is 1. The van der Waals surface area contributed by atoms with E-state index in [0.717, 1.165) is 11.9 Å². The molecule has 8 nitrogen and oxygen atoms in total. The summed E-state index contributed by atoms with van der Waals surface area (Å²) in [5.74, 6) is 0.00590. The first-order chi connectivity index (χ1) is 10.8. The molecule has 0 amide bonds. The summed E-state index contributed by atoms with van der Waals surface area (Å²) in [6.07, 6.45) is 3.43. The number of hydrogen-bond acceptors (Lipinski definition) is 6. The number of hydrogen-bond donors (Lipinski definition) is 0. The Morgan fingerprint density at radius 3 is 2.74 bits per heavy atom. The molecule has 0 aliphatic carbocycles. The lowest BCUT2D eigenvalue weighted by Gasteiger charge is -2.19. The predicted molar refractivity (Wildman–Crippen MR) is 84.8 cm³/mol. The molecular weight excluding hydrogens is 324 g/mol. The van der Waals surface area contributed by atoms with Crippen molar-refractivity contribution >= 4 is 28.9 Å². The van der Waals surface area contributed by atoms with E-state index in [0.29, 0.717) is 6.54 Å². The van der Waals surface area contributed by atoms with E-state index in [2.05, 4.69) is 9.72 Å². The van der Waals surface area contributed by atoms with Crippen molar-refractivity contribution in [3.8, 4) is 0 Å². The van der Waals surface area contributed by atoms with E-state index in [-0.39, 0.29) is 22.0 Å². The molecule has 2 rings (SSSR count). The molecule has 1 aromatic carbocycles. The standard InChI is InChI=1S/C14H15ClN4O4/c1-17-5-4-16-13(17)8-18(2)11-7-10(15)9(14(20)23-3)6-12(11)19(21)22/h4-7H,8H2,1-3H3. The van der Waals surface area contributed by atoms with Gasteiger partial charge < -0.3 is 14.2 Å². The Labute approximate surface area is 137 Å². The number of benzene rings is 1. The zero-order chi connectivity index (χ0) is 17.1. The van der Waals surface area contributed by atoms with Gasteiger partial charge in [0.25, 0.3) is 5.69 Å². The van der Waals surface area contributed by atoms with Gasteiger partial charge in [-0.2, -0.15) is 0 Å². The molecule has 2 aromatic rings. The number of methoxy groups -OCH3 is 1. The Balaban J connectivity index is 2.44. The number of esters is 1. The summed E-state index contributed by atoms with van der Waals surface area (Å²) >= 11 is 6.07. The largest absolute Gasteiger partial charge is 0.465 e. The lowest BCUT2D eigenvalue weighted by atomic mass is 10.1. The monoisotopic (exact) mass is 338 g/mol. The topological polar surface area (TPSA) is 90.5 Å². The molecule has 0 atom stereocenters. The van der Waals surface area contributed by atoms with E-state index in [9.17, 15) is 14.9 Å². The molecule has 0 spiro atoms. The van der Waals surface area contributed by atoms with Crippen LogP contribution < -0.4 is 4.90 Å². The molecule has 0 saturated heterocycles. The number of halogens is 1. The first kappa shape index (κ1) is 16.8. The minimum Gasteiger partial charge on any atom is -0.465 e. The Bertz CT molecular complexity index is 759. The van der Waals surface area contributed by atoms with Crippen LogP contribution in [0.1, 0.15) is 16.2 Å². The first-order valence-corrected chi connectivity index (χ1v) is 6.96. The van der Waals surface area contributed by atoms with E-state index >= 15 is 0 Å². The van der Waals surface area contributed by atoms with Crippen molar-refractivity contribution in [2.75, 3.05) is 19.1 Å². The fourth-order valence-corrected chi connectivity index (χ4v) is 2.35. The highest BCUT2D eigenvalue weighted by Crippen LogP contribution is 2.34. The van der Waals surface area contributed by atoms with E-state index in [1.54, 1.807) is 24.3 Å². The Kier molecular flexibility index (Phi) is 4.85. The quantitative estimate of drug-likeness (QED) is 0.472. The Morgan fingerprint density at radius 1 is 1.52 bits per heavy atom. The van der Waals surface area contributed by atoms with Gasteiger partial charge in [0.05, 0.1) is 29.2 Å². The van der Waals surface area contributed by atoms with Crippen LogP contribution in [0, 0.1) is 10.1 Å². The van der Waals surface area contributed by atoms with Crippen LogP contribution in [-0.4, -0.2) is 34.6 Å². The van der Waals surface area contributed by atoms with Crippen LogP contribution in [-0.2, 0) is 18.3 Å². The van der Waals surface area contributed by atoms with Gasteiger partial charge in [-0.1, -0.05) is 11.6 Å². The third-order valence-corrected chi connectivity index (χ3v) is 3.69. The van der Waals surface area contributed by atoms with Crippen LogP contribution in [0.3, 0.4) is 0 Å². The Morgan fingerprint density at radius 2 is 2.22 bits per heavy atom. The van der Waals surface area contributed by atoms with Crippen molar-refractivity contribution in [1.82, 2.24) is 9.55 Å². The number of aryl methyl sites for hydroxylation is 1. The van der Waals surface area contributed by atoms with Crippen molar-refractivity contribution in [1.29, 1.82) is 0 Å². The molecule has 0 bridgehead atoms. The Hall–Kier alpha value is -2.61. The molecular formula is C14H15ClN4O4. The summed E-state index contributed by atoms with van der Waals surface area (Å²) in [5.41, 5.74) is 0.0113. The van der Waals surface area contributed by atoms with Gasteiger partial charge in [-0.25, -0.2) is 9.78 Å². The fourth-order valence-electron chi connectivity index (χ4n) is 2.12. The molecule has 1 heterocycles. The average molecular weight is 339 g/mol. The summed E-state index contributed by atoms with van der Waals surface area (Å²) in [6.45, 7) is 0.345. The molecule has 0 fully saturated rings. The molecule has 9 heteroatoms. The number of anilines is 1. The zero-order valence-electron chi connectivity index (χ0n) is 12.8. The minimum absolute atomic E-state index is 0.0463. The van der Waals surface area contributed by atoms with Gasteiger partial charge in [0.2, 0.25) is 0 Å². The first-order valence-electron chi connectivity index (χ1n) is 6.58. The van der Waals surface area contributed by atoms with E-state index in [1.807, 2.05) is 11.6 Å². The maximum absolute atomic E-state index is 11.6. The van der Waals surface area contributed by atoms with Crippen LogP contribution >= 0.6 is 11.6 Å². The molecule has 0 radical (unpaired) electrons. The fraction of sp³-hybridized carbons (Fsp3) is 0.286. The number of carbonyl (C=O) groups excluding carboxylic acids is 1. The minimum atomic E-state index is -0.726. The summed E-state index contributed by atoms with van der Waals surface area (Å²) in [4.78, 5) is 28.2. The van der Waals surface area contributed by atoms with Gasteiger partial charge in [-0.3, -0.25) is 10.1 Å². The van der Waals surface area contributed by atoms with Crippen molar-refractivity contribution in [3.05, 3.63) is 51.1 Å². The lowest BCUT2D eigenvalue weighted by Crippen LogP contribution is -2.20. The normalized spacial score (nSPS) is 10.4. The van der Waals surface area contributed by atoms with Crippen LogP contribution in [0.4, 0.5) is 11.4 Å². The maximum atomic E-state index is 11.6. The lowest BCUT2D eigenvalue weighted by molar-refractivity contribution is -0.384. The number of nitro groups is 1. The van der Waals surface area contributed by atoms with Gasteiger partial charge in [0.15, 0.2) is 0 Å². The second-order valence-corrected chi connectivity index (χ2v) is 5.29. The third-order valence-electron chi connectivity index (χ3n) is 3.38. The van der Waals surface area contributed by atoms with Gasteiger partial charge in [0.1, 0.15) is 11.5 Å². The van der Waals surface area contributed by atoms with Crippen LogP contribution in [0.2, 0.25) is 5.02 Å². The van der Waals surface area contributed by atoms with Crippen LogP contribution in [0.15, 0.2) is 24.5 Å². The number of rotatable bonds is 5. The number of imidazole rings is 1. The van der Waals surface area contributed by atoms with Gasteiger partial charge in [0, 0.05) is 32.6 Å². The van der Waals surface area contributed by atoms with Gasteiger partial charge in [-0.05, 0) is 6.07 Å². The van der Waals surface area contributed by atoms with Gasteiger partial charge >= 0.3 is 5.97 Å². The second-order valence-electron chi connectivity index (χ2n) is 4.88. The van der Waals surface area contributed by atoms with Crippen molar-refractivity contribution in [3.63, 3.8) is 0 Å². The molecule has 1 aromatic heterocycles. The highest BCUT2D eigenvalue weighted by molar-refractivity contribution is 6.34. The van der Waals surface area contributed by atoms with E-state index in [1.165, 1.54) is 13.2 Å². The maximum Gasteiger partial charge on any atom is 0.339 e. The van der Waals surface area contributed by atoms with E-state index in [4.69, 9.17) is 11.6 Å². The summed E-state index contributed by atoms with van der Waals surface area (Å²) in [7, 11) is 4.70. The highest BCUT2D eigenvalue weighted by atomic mass is 35.5. The summed E-state index contributed by atoms with van der Waals surface area (Å²) < 4.78 is 6.39.